The standard InChI is InChI=1S/C10H9ClN2/c1-6-2-3-7-4-8(11)5-9(12)10(7)13-6/h2-5H,12H2,1H3. The molecule has 3 heteroatoms. The molecule has 0 aliphatic rings. The lowest BCUT2D eigenvalue weighted by Crippen LogP contribution is -1.91. The summed E-state index contributed by atoms with van der Waals surface area (Å²) >= 11 is 5.86. The fraction of sp³-hybridized carbons (Fsp3) is 0.100. The monoisotopic (exact) mass is 192 g/mol. The maximum atomic E-state index is 5.86. The first-order valence-corrected chi connectivity index (χ1v) is 4.37. The summed E-state index contributed by atoms with van der Waals surface area (Å²) in [5.41, 5.74) is 8.19. The highest BCUT2D eigenvalue weighted by Crippen LogP contribution is 2.24. The second-order valence-corrected chi connectivity index (χ2v) is 3.46. The Labute approximate surface area is 81.3 Å². The highest BCUT2D eigenvalue weighted by molar-refractivity contribution is 6.31. The third kappa shape index (κ3) is 1.45. The number of nitrogens with zero attached hydrogens (tertiary/aromatic N) is 1. The van der Waals surface area contributed by atoms with Gasteiger partial charge in [-0.15, -0.1) is 0 Å². The van der Waals surface area contributed by atoms with Crippen molar-refractivity contribution in [3.8, 4) is 0 Å². The molecule has 1 aromatic carbocycles. The van der Waals surface area contributed by atoms with Crippen molar-refractivity contribution in [3.05, 3.63) is 35.0 Å². The highest BCUT2D eigenvalue weighted by atomic mass is 35.5. The van der Waals surface area contributed by atoms with Gasteiger partial charge in [-0.2, -0.15) is 0 Å². The molecular formula is C10H9ClN2. The number of aromatic nitrogens is 1. The molecule has 0 radical (unpaired) electrons. The number of aryl methyl sites for hydroxylation is 1. The van der Waals surface area contributed by atoms with Crippen molar-refractivity contribution in [2.24, 2.45) is 0 Å². The lowest BCUT2D eigenvalue weighted by Gasteiger charge is -2.02. The zero-order valence-electron chi connectivity index (χ0n) is 7.21. The number of rotatable bonds is 0. The fourth-order valence-electron chi connectivity index (χ4n) is 1.32. The normalized spacial score (nSPS) is 10.6. The van der Waals surface area contributed by atoms with E-state index >= 15 is 0 Å². The third-order valence-electron chi connectivity index (χ3n) is 1.93. The smallest absolute Gasteiger partial charge is 0.0935 e. The lowest BCUT2D eigenvalue weighted by molar-refractivity contribution is 1.26. The molecule has 0 unspecified atom stereocenters. The first-order valence-electron chi connectivity index (χ1n) is 3.99. The van der Waals surface area contributed by atoms with Crippen LogP contribution in [-0.4, -0.2) is 4.98 Å². The maximum Gasteiger partial charge on any atom is 0.0935 e. The molecule has 0 saturated carbocycles. The van der Waals surface area contributed by atoms with Crippen molar-refractivity contribution in [2.75, 3.05) is 5.73 Å². The Hall–Kier alpha value is -1.28. The lowest BCUT2D eigenvalue weighted by atomic mass is 10.2. The number of nitrogens with two attached hydrogens (primary N) is 1. The molecule has 0 amide bonds. The van der Waals surface area contributed by atoms with E-state index in [1.807, 2.05) is 25.1 Å². The number of hydrogen-bond donors (Lipinski definition) is 1. The van der Waals surface area contributed by atoms with Gasteiger partial charge in [-0.3, -0.25) is 4.98 Å². The van der Waals surface area contributed by atoms with Crippen molar-refractivity contribution in [2.45, 2.75) is 6.92 Å². The fourth-order valence-corrected chi connectivity index (χ4v) is 1.56. The molecule has 0 aliphatic carbocycles. The molecule has 0 bridgehead atoms. The second kappa shape index (κ2) is 2.89. The number of pyridine rings is 1. The zero-order valence-corrected chi connectivity index (χ0v) is 7.97. The Bertz CT molecular complexity index is 466. The van der Waals surface area contributed by atoms with Gasteiger partial charge in [0, 0.05) is 16.1 Å². The Morgan fingerprint density at radius 2 is 2.08 bits per heavy atom. The molecule has 2 rings (SSSR count). The van der Waals surface area contributed by atoms with E-state index in [0.717, 1.165) is 16.6 Å². The molecule has 0 atom stereocenters. The van der Waals surface area contributed by atoms with Gasteiger partial charge in [0.2, 0.25) is 0 Å². The van der Waals surface area contributed by atoms with Crippen molar-refractivity contribution in [3.63, 3.8) is 0 Å². The number of fused-ring (bicyclic) bond motifs is 1. The Kier molecular flexibility index (Phi) is 1.85. The van der Waals surface area contributed by atoms with Crippen molar-refractivity contribution >= 4 is 28.2 Å². The summed E-state index contributed by atoms with van der Waals surface area (Å²) in [5, 5.41) is 1.63. The second-order valence-electron chi connectivity index (χ2n) is 3.02. The molecule has 0 spiro atoms. The number of benzene rings is 1. The average Bonchev–Trinajstić information content (AvgIpc) is 2.06. The van der Waals surface area contributed by atoms with Crippen LogP contribution in [0.3, 0.4) is 0 Å². The van der Waals surface area contributed by atoms with E-state index in [-0.39, 0.29) is 0 Å². The van der Waals surface area contributed by atoms with Crippen LogP contribution in [0.25, 0.3) is 10.9 Å². The topological polar surface area (TPSA) is 38.9 Å². The van der Waals surface area contributed by atoms with Crippen molar-refractivity contribution in [1.82, 2.24) is 4.98 Å². The predicted octanol–water partition coefficient (Wildman–Crippen LogP) is 2.78. The number of anilines is 1. The summed E-state index contributed by atoms with van der Waals surface area (Å²) in [6, 6.07) is 7.49. The molecule has 0 fully saturated rings. The van der Waals surface area contributed by atoms with Crippen LogP contribution in [0, 0.1) is 6.92 Å². The van der Waals surface area contributed by atoms with Gasteiger partial charge in [-0.25, -0.2) is 0 Å². The maximum absolute atomic E-state index is 5.86. The van der Waals surface area contributed by atoms with Crippen molar-refractivity contribution in [1.29, 1.82) is 0 Å². The quantitative estimate of drug-likeness (QED) is 0.652. The summed E-state index contributed by atoms with van der Waals surface area (Å²) in [6.45, 7) is 1.94. The first-order chi connectivity index (χ1) is 6.16. The molecule has 1 heterocycles. The molecule has 0 saturated heterocycles. The van der Waals surface area contributed by atoms with E-state index in [1.165, 1.54) is 0 Å². The number of hydrogen-bond acceptors (Lipinski definition) is 2. The first kappa shape index (κ1) is 8.32. The van der Waals surface area contributed by atoms with Crippen LogP contribution in [0.15, 0.2) is 24.3 Å². The van der Waals surface area contributed by atoms with E-state index < -0.39 is 0 Å². The van der Waals surface area contributed by atoms with Gasteiger partial charge in [0.1, 0.15) is 0 Å². The summed E-state index contributed by atoms with van der Waals surface area (Å²) in [6.07, 6.45) is 0. The molecule has 1 aromatic heterocycles. The van der Waals surface area contributed by atoms with Gasteiger partial charge >= 0.3 is 0 Å². The number of halogens is 1. The molecule has 66 valence electrons. The third-order valence-corrected chi connectivity index (χ3v) is 2.14. The van der Waals surface area contributed by atoms with Crippen LogP contribution in [0.1, 0.15) is 5.69 Å². The van der Waals surface area contributed by atoms with Crippen LogP contribution in [0.4, 0.5) is 5.69 Å². The summed E-state index contributed by atoms with van der Waals surface area (Å²) in [7, 11) is 0. The minimum absolute atomic E-state index is 0.631. The molecule has 2 nitrogen and oxygen atoms in total. The molecule has 13 heavy (non-hydrogen) atoms. The van der Waals surface area contributed by atoms with Crippen LogP contribution >= 0.6 is 11.6 Å². The average molecular weight is 193 g/mol. The van der Waals surface area contributed by atoms with E-state index in [2.05, 4.69) is 4.98 Å². The Morgan fingerprint density at radius 1 is 1.31 bits per heavy atom. The van der Waals surface area contributed by atoms with Gasteiger partial charge in [-0.05, 0) is 25.1 Å². The van der Waals surface area contributed by atoms with E-state index in [9.17, 15) is 0 Å². The van der Waals surface area contributed by atoms with Gasteiger partial charge < -0.3 is 5.73 Å². The minimum atomic E-state index is 0.631. The molecule has 2 aromatic rings. The van der Waals surface area contributed by atoms with E-state index in [1.54, 1.807) is 6.07 Å². The molecule has 0 aliphatic heterocycles. The van der Waals surface area contributed by atoms with Crippen LogP contribution in [0.5, 0.6) is 0 Å². The van der Waals surface area contributed by atoms with Crippen LogP contribution in [-0.2, 0) is 0 Å². The summed E-state index contributed by atoms with van der Waals surface area (Å²) in [4.78, 5) is 4.33. The van der Waals surface area contributed by atoms with Crippen molar-refractivity contribution < 1.29 is 0 Å². The minimum Gasteiger partial charge on any atom is -0.397 e. The summed E-state index contributed by atoms with van der Waals surface area (Å²) < 4.78 is 0. The van der Waals surface area contributed by atoms with E-state index in [4.69, 9.17) is 17.3 Å². The van der Waals surface area contributed by atoms with Gasteiger partial charge in [0.05, 0.1) is 11.2 Å². The number of nitrogen functional groups attached to an aromatic ring is 1. The highest BCUT2D eigenvalue weighted by Gasteiger charge is 2.01. The zero-order chi connectivity index (χ0) is 9.42. The summed E-state index contributed by atoms with van der Waals surface area (Å²) in [5.74, 6) is 0. The van der Waals surface area contributed by atoms with Crippen LogP contribution in [0.2, 0.25) is 5.02 Å². The van der Waals surface area contributed by atoms with Gasteiger partial charge in [0.15, 0.2) is 0 Å². The van der Waals surface area contributed by atoms with Gasteiger partial charge in [-0.1, -0.05) is 17.7 Å². The van der Waals surface area contributed by atoms with Crippen LogP contribution < -0.4 is 5.73 Å². The molecular weight excluding hydrogens is 184 g/mol. The van der Waals surface area contributed by atoms with E-state index in [0.29, 0.717) is 10.7 Å². The Balaban J connectivity index is 2.87. The largest absolute Gasteiger partial charge is 0.397 e. The molecule has 2 N–H and O–H groups in total. The SMILES string of the molecule is Cc1ccc2cc(Cl)cc(N)c2n1. The Morgan fingerprint density at radius 3 is 2.85 bits per heavy atom. The van der Waals surface area contributed by atoms with Gasteiger partial charge in [0.25, 0.3) is 0 Å². The predicted molar refractivity (Wildman–Crippen MR) is 55.9 cm³/mol.